The topological polar surface area (TPSA) is 41.3 Å². The Balaban J connectivity index is 1.96. The maximum Gasteiger partial charge on any atom is 0.151 e. The molecule has 1 heterocycles. The molecule has 5 heteroatoms. The number of piperidine rings is 1. The van der Waals surface area contributed by atoms with Crippen LogP contribution in [0.1, 0.15) is 26.2 Å². The standard InChI is InChI=1S/C14H21F2N3/c1-10(9-19-5-3-2-4-6-19)18-13-8-11(15)7-12(16)14(13)17/h7-8,10,18H,2-6,9,17H2,1H3. The summed E-state index contributed by atoms with van der Waals surface area (Å²) in [5.74, 6) is -1.33. The van der Waals surface area contributed by atoms with Crippen molar-refractivity contribution in [2.45, 2.75) is 32.2 Å². The first-order chi connectivity index (χ1) is 9.06. The van der Waals surface area contributed by atoms with Gasteiger partial charge in [-0.3, -0.25) is 0 Å². The van der Waals surface area contributed by atoms with Crippen molar-refractivity contribution in [2.24, 2.45) is 0 Å². The number of hydrogen-bond donors (Lipinski definition) is 2. The highest BCUT2D eigenvalue weighted by Gasteiger charge is 2.15. The van der Waals surface area contributed by atoms with Gasteiger partial charge in [-0.05, 0) is 38.9 Å². The molecule has 0 saturated carbocycles. The van der Waals surface area contributed by atoms with Crippen molar-refractivity contribution in [2.75, 3.05) is 30.7 Å². The summed E-state index contributed by atoms with van der Waals surface area (Å²) in [6.45, 7) is 5.05. The lowest BCUT2D eigenvalue weighted by atomic mass is 10.1. The Kier molecular flexibility index (Phi) is 4.58. The number of benzene rings is 1. The third-order valence-electron chi connectivity index (χ3n) is 3.48. The van der Waals surface area contributed by atoms with Crippen molar-refractivity contribution in [1.82, 2.24) is 4.90 Å². The summed E-state index contributed by atoms with van der Waals surface area (Å²) in [6, 6.07) is 2.14. The van der Waals surface area contributed by atoms with E-state index in [4.69, 9.17) is 5.73 Å². The lowest BCUT2D eigenvalue weighted by Crippen LogP contribution is -2.38. The van der Waals surface area contributed by atoms with Crippen LogP contribution in [-0.4, -0.2) is 30.6 Å². The van der Waals surface area contributed by atoms with Crippen LogP contribution in [0.2, 0.25) is 0 Å². The molecule has 0 spiro atoms. The maximum atomic E-state index is 13.3. The van der Waals surface area contributed by atoms with Crippen LogP contribution < -0.4 is 11.1 Å². The second-order valence-corrected chi connectivity index (χ2v) is 5.26. The van der Waals surface area contributed by atoms with Crippen molar-refractivity contribution in [1.29, 1.82) is 0 Å². The van der Waals surface area contributed by atoms with Gasteiger partial charge in [0, 0.05) is 18.7 Å². The molecule has 0 aliphatic carbocycles. The van der Waals surface area contributed by atoms with E-state index in [9.17, 15) is 8.78 Å². The molecule has 1 aromatic rings. The van der Waals surface area contributed by atoms with E-state index in [2.05, 4.69) is 10.2 Å². The third kappa shape index (κ3) is 3.80. The van der Waals surface area contributed by atoms with E-state index in [1.807, 2.05) is 6.92 Å². The molecule has 0 radical (unpaired) electrons. The number of nitrogens with two attached hydrogens (primary N) is 1. The highest BCUT2D eigenvalue weighted by Crippen LogP contribution is 2.24. The molecule has 1 atom stereocenters. The number of rotatable bonds is 4. The van der Waals surface area contributed by atoms with Crippen LogP contribution in [0.15, 0.2) is 12.1 Å². The molecule has 0 bridgehead atoms. The first-order valence-electron chi connectivity index (χ1n) is 6.79. The van der Waals surface area contributed by atoms with Crippen molar-refractivity contribution < 1.29 is 8.78 Å². The Morgan fingerprint density at radius 1 is 1.26 bits per heavy atom. The summed E-state index contributed by atoms with van der Waals surface area (Å²) < 4.78 is 26.5. The molecule has 3 nitrogen and oxygen atoms in total. The highest BCUT2D eigenvalue weighted by molar-refractivity contribution is 5.67. The minimum absolute atomic E-state index is 0.0214. The summed E-state index contributed by atoms with van der Waals surface area (Å²) in [4.78, 5) is 2.37. The van der Waals surface area contributed by atoms with Gasteiger partial charge in [0.2, 0.25) is 0 Å². The second-order valence-electron chi connectivity index (χ2n) is 5.26. The van der Waals surface area contributed by atoms with Crippen molar-refractivity contribution in [3.05, 3.63) is 23.8 Å². The van der Waals surface area contributed by atoms with Gasteiger partial charge in [0.15, 0.2) is 5.82 Å². The lowest BCUT2D eigenvalue weighted by Gasteiger charge is -2.30. The Hall–Kier alpha value is -1.36. The quantitative estimate of drug-likeness (QED) is 0.826. The zero-order chi connectivity index (χ0) is 13.8. The number of hydrogen-bond acceptors (Lipinski definition) is 3. The van der Waals surface area contributed by atoms with Gasteiger partial charge < -0.3 is 16.0 Å². The third-order valence-corrected chi connectivity index (χ3v) is 3.48. The van der Waals surface area contributed by atoms with Gasteiger partial charge in [-0.15, -0.1) is 0 Å². The van der Waals surface area contributed by atoms with Gasteiger partial charge in [0.1, 0.15) is 5.82 Å². The summed E-state index contributed by atoms with van der Waals surface area (Å²) in [5, 5.41) is 3.09. The molecule has 0 aromatic heterocycles. The smallest absolute Gasteiger partial charge is 0.151 e. The molecule has 106 valence electrons. The fraction of sp³-hybridized carbons (Fsp3) is 0.571. The number of nitrogen functional groups attached to an aromatic ring is 1. The van der Waals surface area contributed by atoms with Crippen molar-refractivity contribution in [3.8, 4) is 0 Å². The zero-order valence-corrected chi connectivity index (χ0v) is 11.3. The van der Waals surface area contributed by atoms with E-state index in [1.54, 1.807) is 0 Å². The molecule has 0 amide bonds. The second kappa shape index (κ2) is 6.19. The van der Waals surface area contributed by atoms with E-state index >= 15 is 0 Å². The van der Waals surface area contributed by atoms with Gasteiger partial charge >= 0.3 is 0 Å². The monoisotopic (exact) mass is 269 g/mol. The summed E-state index contributed by atoms with van der Waals surface area (Å²) in [6.07, 6.45) is 3.74. The molecule has 1 saturated heterocycles. The van der Waals surface area contributed by atoms with Crippen LogP contribution >= 0.6 is 0 Å². The Labute approximate surface area is 112 Å². The first-order valence-corrected chi connectivity index (χ1v) is 6.79. The summed E-state index contributed by atoms with van der Waals surface area (Å²) >= 11 is 0. The zero-order valence-electron chi connectivity index (χ0n) is 11.3. The van der Waals surface area contributed by atoms with E-state index in [0.717, 1.165) is 25.7 Å². The first kappa shape index (κ1) is 14.1. The number of likely N-dealkylation sites (tertiary alicyclic amines) is 1. The molecule has 19 heavy (non-hydrogen) atoms. The minimum atomic E-state index is -0.715. The predicted molar refractivity (Wildman–Crippen MR) is 74.1 cm³/mol. The normalized spacial score (nSPS) is 18.3. The maximum absolute atomic E-state index is 13.3. The van der Waals surface area contributed by atoms with E-state index in [-0.39, 0.29) is 11.7 Å². The molecule has 1 aliphatic heterocycles. The summed E-state index contributed by atoms with van der Waals surface area (Å²) in [7, 11) is 0. The number of nitrogens with one attached hydrogen (secondary N) is 1. The minimum Gasteiger partial charge on any atom is -0.395 e. The average Bonchev–Trinajstić information content (AvgIpc) is 2.36. The molecule has 1 fully saturated rings. The number of nitrogens with zero attached hydrogens (tertiary/aromatic N) is 1. The lowest BCUT2D eigenvalue weighted by molar-refractivity contribution is 0.223. The van der Waals surface area contributed by atoms with Crippen LogP contribution in [-0.2, 0) is 0 Å². The molecule has 3 N–H and O–H groups in total. The fourth-order valence-electron chi connectivity index (χ4n) is 2.54. The average molecular weight is 269 g/mol. The number of halogens is 2. The SMILES string of the molecule is CC(CN1CCCCC1)Nc1cc(F)cc(F)c1N. The van der Waals surface area contributed by atoms with Crippen molar-refractivity contribution >= 4 is 11.4 Å². The summed E-state index contributed by atoms with van der Waals surface area (Å²) in [5.41, 5.74) is 5.93. The van der Waals surface area contributed by atoms with E-state index in [1.165, 1.54) is 25.3 Å². The van der Waals surface area contributed by atoms with Crippen LogP contribution in [0.4, 0.5) is 20.2 Å². The largest absolute Gasteiger partial charge is 0.395 e. The Bertz CT molecular complexity index is 431. The fourth-order valence-corrected chi connectivity index (χ4v) is 2.54. The van der Waals surface area contributed by atoms with Gasteiger partial charge in [0.25, 0.3) is 0 Å². The van der Waals surface area contributed by atoms with Gasteiger partial charge in [-0.1, -0.05) is 6.42 Å². The van der Waals surface area contributed by atoms with Crippen LogP contribution in [0.3, 0.4) is 0 Å². The molecule has 1 aromatic carbocycles. The van der Waals surface area contributed by atoms with Crippen LogP contribution in [0.5, 0.6) is 0 Å². The van der Waals surface area contributed by atoms with Crippen LogP contribution in [0.25, 0.3) is 0 Å². The van der Waals surface area contributed by atoms with Crippen molar-refractivity contribution in [3.63, 3.8) is 0 Å². The van der Waals surface area contributed by atoms with Gasteiger partial charge in [-0.25, -0.2) is 8.78 Å². The predicted octanol–water partition coefficient (Wildman–Crippen LogP) is 2.83. The van der Waals surface area contributed by atoms with Crippen LogP contribution in [0, 0.1) is 11.6 Å². The molecule has 2 rings (SSSR count). The molecular formula is C14H21F2N3. The molecular weight excluding hydrogens is 248 g/mol. The Morgan fingerprint density at radius 2 is 1.95 bits per heavy atom. The van der Waals surface area contributed by atoms with E-state index < -0.39 is 11.6 Å². The van der Waals surface area contributed by atoms with Gasteiger partial charge in [-0.2, -0.15) is 0 Å². The number of anilines is 2. The van der Waals surface area contributed by atoms with E-state index in [0.29, 0.717) is 5.69 Å². The van der Waals surface area contributed by atoms with Gasteiger partial charge in [0.05, 0.1) is 11.4 Å². The molecule has 1 aliphatic rings. The Morgan fingerprint density at radius 3 is 2.63 bits per heavy atom. The highest BCUT2D eigenvalue weighted by atomic mass is 19.1. The molecule has 1 unspecified atom stereocenters.